The van der Waals surface area contributed by atoms with Crippen molar-refractivity contribution in [3.8, 4) is 0 Å². The fourth-order valence-electron chi connectivity index (χ4n) is 1.45. The molecule has 0 saturated heterocycles. The molecular formula is C10H12N2O6S. The number of aliphatic carboxylic acids is 1. The van der Waals surface area contributed by atoms with Crippen molar-refractivity contribution in [1.29, 1.82) is 0 Å². The first kappa shape index (κ1) is 15.1. The van der Waals surface area contributed by atoms with Gasteiger partial charge in [-0.3, -0.25) is 14.9 Å². The smallest absolute Gasteiger partial charge is 0.320 e. The monoisotopic (exact) mass is 288 g/mol. The van der Waals surface area contributed by atoms with E-state index in [9.17, 15) is 23.3 Å². The molecular weight excluding hydrogens is 276 g/mol. The Morgan fingerprint density at radius 3 is 2.68 bits per heavy atom. The Bertz CT molecular complexity index is 598. The van der Waals surface area contributed by atoms with E-state index in [0.717, 1.165) is 0 Å². The van der Waals surface area contributed by atoms with Gasteiger partial charge in [0.2, 0.25) is 10.0 Å². The Balaban J connectivity index is 2.89. The zero-order valence-electron chi connectivity index (χ0n) is 9.94. The summed E-state index contributed by atoms with van der Waals surface area (Å²) in [7, 11) is -3.98. The third-order valence-corrected chi connectivity index (χ3v) is 3.59. The summed E-state index contributed by atoms with van der Waals surface area (Å²) in [6.45, 7) is 1.47. The molecule has 0 fully saturated rings. The Morgan fingerprint density at radius 1 is 1.53 bits per heavy atom. The third-order valence-electron chi connectivity index (χ3n) is 2.25. The van der Waals surface area contributed by atoms with E-state index in [-0.39, 0.29) is 5.69 Å². The fourth-order valence-corrected chi connectivity index (χ4v) is 2.53. The number of carboxylic acid groups (broad SMARTS) is 1. The molecule has 0 aromatic heterocycles. The zero-order valence-corrected chi connectivity index (χ0v) is 10.8. The van der Waals surface area contributed by atoms with Gasteiger partial charge < -0.3 is 5.11 Å². The van der Waals surface area contributed by atoms with Gasteiger partial charge in [0.15, 0.2) is 5.75 Å². The van der Waals surface area contributed by atoms with Gasteiger partial charge in [0, 0.05) is 18.2 Å². The fraction of sp³-hybridized carbons (Fsp3) is 0.300. The molecule has 1 atom stereocenters. The number of rotatable bonds is 6. The van der Waals surface area contributed by atoms with Crippen molar-refractivity contribution in [2.75, 3.05) is 5.75 Å². The SMILES string of the molecule is CC(NS(=O)(=O)CC(=O)O)c1cccc([N+](=O)[O-])c1. The summed E-state index contributed by atoms with van der Waals surface area (Å²) < 4.78 is 25.0. The van der Waals surface area contributed by atoms with Crippen LogP contribution in [-0.4, -0.2) is 30.2 Å². The van der Waals surface area contributed by atoms with Crippen molar-refractivity contribution in [3.05, 3.63) is 39.9 Å². The maximum atomic E-state index is 11.4. The lowest BCUT2D eigenvalue weighted by atomic mass is 10.1. The number of carboxylic acids is 1. The van der Waals surface area contributed by atoms with Crippen molar-refractivity contribution in [1.82, 2.24) is 4.72 Å². The molecule has 2 N–H and O–H groups in total. The number of nitro benzene ring substituents is 1. The molecule has 104 valence electrons. The summed E-state index contributed by atoms with van der Waals surface area (Å²) in [6, 6.07) is 4.69. The molecule has 9 heteroatoms. The van der Waals surface area contributed by atoms with Crippen LogP contribution in [0.3, 0.4) is 0 Å². The second-order valence-corrected chi connectivity index (χ2v) is 5.60. The standard InChI is InChI=1S/C10H12N2O6S/c1-7(11-19(17,18)6-10(13)14)8-3-2-4-9(5-8)12(15)16/h2-5,7,11H,6H2,1H3,(H,13,14). The van der Waals surface area contributed by atoms with Crippen molar-refractivity contribution in [2.24, 2.45) is 0 Å². The number of carbonyl (C=O) groups is 1. The third kappa shape index (κ3) is 4.64. The minimum Gasteiger partial charge on any atom is -0.480 e. The molecule has 19 heavy (non-hydrogen) atoms. The number of non-ortho nitro benzene ring substituents is 1. The molecule has 0 saturated carbocycles. The quantitative estimate of drug-likeness (QED) is 0.584. The van der Waals surface area contributed by atoms with Gasteiger partial charge in [0.25, 0.3) is 5.69 Å². The number of hydrogen-bond acceptors (Lipinski definition) is 5. The molecule has 0 aliphatic rings. The zero-order chi connectivity index (χ0) is 14.6. The Hall–Kier alpha value is -2.00. The first-order valence-electron chi connectivity index (χ1n) is 5.17. The predicted molar refractivity (Wildman–Crippen MR) is 66.1 cm³/mol. The average Bonchev–Trinajstić information content (AvgIpc) is 2.26. The highest BCUT2D eigenvalue weighted by molar-refractivity contribution is 7.90. The summed E-state index contributed by atoms with van der Waals surface area (Å²) in [5.74, 6) is -2.52. The van der Waals surface area contributed by atoms with E-state index in [1.807, 2.05) is 0 Å². The molecule has 1 aromatic rings. The highest BCUT2D eigenvalue weighted by Gasteiger charge is 2.20. The average molecular weight is 288 g/mol. The predicted octanol–water partition coefficient (Wildman–Crippen LogP) is 0.660. The first-order chi connectivity index (χ1) is 8.71. The summed E-state index contributed by atoms with van der Waals surface area (Å²) >= 11 is 0. The van der Waals surface area contributed by atoms with Crippen LogP contribution in [0.1, 0.15) is 18.5 Å². The first-order valence-corrected chi connectivity index (χ1v) is 6.82. The van der Waals surface area contributed by atoms with E-state index in [1.165, 1.54) is 31.2 Å². The van der Waals surface area contributed by atoms with Crippen LogP contribution >= 0.6 is 0 Å². The molecule has 0 bridgehead atoms. The molecule has 0 radical (unpaired) electrons. The molecule has 0 aliphatic carbocycles. The van der Waals surface area contributed by atoms with Crippen LogP contribution in [0, 0.1) is 10.1 Å². The minimum absolute atomic E-state index is 0.165. The maximum absolute atomic E-state index is 11.4. The number of benzene rings is 1. The maximum Gasteiger partial charge on any atom is 0.320 e. The summed E-state index contributed by atoms with van der Waals surface area (Å²) in [5, 5.41) is 19.0. The van der Waals surface area contributed by atoms with Gasteiger partial charge in [-0.25, -0.2) is 13.1 Å². The highest BCUT2D eigenvalue weighted by Crippen LogP contribution is 2.19. The molecule has 0 aliphatic heterocycles. The second kappa shape index (κ2) is 5.76. The van der Waals surface area contributed by atoms with E-state index >= 15 is 0 Å². The Labute approximate surface area is 109 Å². The van der Waals surface area contributed by atoms with Crippen LogP contribution in [0.25, 0.3) is 0 Å². The van der Waals surface area contributed by atoms with Crippen LogP contribution in [0.4, 0.5) is 5.69 Å². The van der Waals surface area contributed by atoms with Crippen molar-refractivity contribution in [3.63, 3.8) is 0 Å². The van der Waals surface area contributed by atoms with Gasteiger partial charge in [-0.05, 0) is 12.5 Å². The van der Waals surface area contributed by atoms with E-state index < -0.39 is 32.7 Å². The van der Waals surface area contributed by atoms with Gasteiger partial charge in [-0.1, -0.05) is 12.1 Å². The van der Waals surface area contributed by atoms with Crippen LogP contribution in [0.2, 0.25) is 0 Å². The highest BCUT2D eigenvalue weighted by atomic mass is 32.2. The number of hydrogen-bond donors (Lipinski definition) is 2. The number of nitrogens with one attached hydrogen (secondary N) is 1. The normalized spacial score (nSPS) is 12.9. The van der Waals surface area contributed by atoms with E-state index in [4.69, 9.17) is 5.11 Å². The number of sulfonamides is 1. The van der Waals surface area contributed by atoms with Crippen molar-refractivity contribution >= 4 is 21.7 Å². The number of nitro groups is 1. The summed E-state index contributed by atoms with van der Waals surface area (Å²) in [4.78, 5) is 20.4. The lowest BCUT2D eigenvalue weighted by Crippen LogP contribution is -2.32. The molecule has 8 nitrogen and oxygen atoms in total. The van der Waals surface area contributed by atoms with Gasteiger partial charge in [-0.2, -0.15) is 0 Å². The molecule has 1 rings (SSSR count). The summed E-state index contributed by atoms with van der Waals surface area (Å²) in [5.41, 5.74) is 0.213. The van der Waals surface area contributed by atoms with Crippen LogP contribution < -0.4 is 4.72 Å². The van der Waals surface area contributed by atoms with E-state index in [1.54, 1.807) is 0 Å². The van der Waals surface area contributed by atoms with Crippen LogP contribution in [0.5, 0.6) is 0 Å². The van der Waals surface area contributed by atoms with Crippen molar-refractivity contribution < 1.29 is 23.2 Å². The van der Waals surface area contributed by atoms with Gasteiger partial charge in [0.1, 0.15) is 0 Å². The lowest BCUT2D eigenvalue weighted by molar-refractivity contribution is -0.384. The van der Waals surface area contributed by atoms with E-state index in [0.29, 0.717) is 5.56 Å². The van der Waals surface area contributed by atoms with Gasteiger partial charge >= 0.3 is 5.97 Å². The van der Waals surface area contributed by atoms with Gasteiger partial charge in [-0.15, -0.1) is 0 Å². The van der Waals surface area contributed by atoms with Crippen molar-refractivity contribution in [2.45, 2.75) is 13.0 Å². The Morgan fingerprint density at radius 2 is 2.16 bits per heavy atom. The largest absolute Gasteiger partial charge is 0.480 e. The number of nitrogens with zero attached hydrogens (tertiary/aromatic N) is 1. The molecule has 1 unspecified atom stereocenters. The summed E-state index contributed by atoms with van der Waals surface area (Å²) in [6.07, 6.45) is 0. The van der Waals surface area contributed by atoms with Crippen LogP contribution in [-0.2, 0) is 14.8 Å². The molecule has 0 spiro atoms. The lowest BCUT2D eigenvalue weighted by Gasteiger charge is -2.13. The Kier molecular flexibility index (Phi) is 4.57. The molecule has 0 heterocycles. The van der Waals surface area contributed by atoms with Gasteiger partial charge in [0.05, 0.1) is 4.92 Å². The topological polar surface area (TPSA) is 127 Å². The second-order valence-electron chi connectivity index (χ2n) is 3.84. The minimum atomic E-state index is -3.98. The van der Waals surface area contributed by atoms with E-state index in [2.05, 4.69) is 4.72 Å². The molecule has 0 amide bonds. The van der Waals surface area contributed by atoms with Crippen LogP contribution in [0.15, 0.2) is 24.3 Å². The molecule has 1 aromatic carbocycles.